The summed E-state index contributed by atoms with van der Waals surface area (Å²) < 4.78 is 0. The second kappa shape index (κ2) is 12.2. The second-order valence-electron chi connectivity index (χ2n) is 7.75. The minimum Gasteiger partial charge on any atom is -0.481 e. The van der Waals surface area contributed by atoms with Gasteiger partial charge in [0.2, 0.25) is 0 Å². The largest absolute Gasteiger partial charge is 0.481 e. The van der Waals surface area contributed by atoms with E-state index in [9.17, 15) is 19.8 Å². The van der Waals surface area contributed by atoms with Crippen LogP contribution in [0.25, 0.3) is 0 Å². The van der Waals surface area contributed by atoms with Gasteiger partial charge in [0, 0.05) is 23.3 Å². The Labute approximate surface area is 171 Å². The highest BCUT2D eigenvalue weighted by Crippen LogP contribution is 2.42. The zero-order valence-corrected chi connectivity index (χ0v) is 17.1. The molecule has 1 fully saturated rings. The molecule has 1 aliphatic carbocycles. The number of carboxylic acids is 1. The lowest BCUT2D eigenvalue weighted by atomic mass is 9.91. The zero-order valence-electron chi connectivity index (χ0n) is 16.3. The Hall–Kier alpha value is -1.37. The predicted octanol–water partition coefficient (Wildman–Crippen LogP) is 3.31. The number of aliphatic carboxylic acids is 1. The highest BCUT2D eigenvalue weighted by atomic mass is 32.2. The summed E-state index contributed by atoms with van der Waals surface area (Å²) >= 11 is 1.58. The summed E-state index contributed by atoms with van der Waals surface area (Å²) in [5.41, 5.74) is 1.09. The van der Waals surface area contributed by atoms with Crippen molar-refractivity contribution in [1.82, 2.24) is 0 Å². The molecule has 5 nitrogen and oxygen atoms in total. The van der Waals surface area contributed by atoms with Crippen molar-refractivity contribution in [3.05, 3.63) is 35.9 Å². The van der Waals surface area contributed by atoms with Crippen LogP contribution < -0.4 is 0 Å². The fourth-order valence-corrected chi connectivity index (χ4v) is 5.54. The van der Waals surface area contributed by atoms with Crippen molar-refractivity contribution in [3.8, 4) is 0 Å². The van der Waals surface area contributed by atoms with Gasteiger partial charge in [-0.3, -0.25) is 4.79 Å². The number of hydrogen-bond acceptors (Lipinski definition) is 5. The first kappa shape index (κ1) is 22.9. The molecule has 1 saturated carbocycles. The molecule has 0 amide bonds. The molecule has 3 N–H and O–H groups in total. The number of hydrogen-bond donors (Lipinski definition) is 3. The summed E-state index contributed by atoms with van der Waals surface area (Å²) in [5, 5.41) is 29.4. The molecular weight excluding hydrogens is 376 g/mol. The van der Waals surface area contributed by atoms with Gasteiger partial charge in [0.25, 0.3) is 0 Å². The van der Waals surface area contributed by atoms with Crippen LogP contribution in [0.3, 0.4) is 0 Å². The highest BCUT2D eigenvalue weighted by molar-refractivity contribution is 8.00. The third-order valence-electron chi connectivity index (χ3n) is 5.51. The van der Waals surface area contributed by atoms with E-state index in [-0.39, 0.29) is 23.5 Å². The first-order chi connectivity index (χ1) is 13.5. The Morgan fingerprint density at radius 1 is 1.18 bits per heavy atom. The van der Waals surface area contributed by atoms with Crippen molar-refractivity contribution < 1.29 is 24.9 Å². The van der Waals surface area contributed by atoms with Gasteiger partial charge >= 0.3 is 5.97 Å². The molecule has 3 unspecified atom stereocenters. The van der Waals surface area contributed by atoms with Crippen LogP contribution in [0.4, 0.5) is 0 Å². The van der Waals surface area contributed by atoms with Gasteiger partial charge in [0.1, 0.15) is 6.29 Å². The van der Waals surface area contributed by atoms with E-state index in [0.29, 0.717) is 25.0 Å². The molecule has 1 aromatic carbocycles. The normalized spacial score (nSPS) is 25.5. The first-order valence-electron chi connectivity index (χ1n) is 10.2. The SMILES string of the molecule is O=CC1CC(O)[C@H](SCC(O)Cc2ccccc2)[C@H]1CCCCCCC(=O)O. The Kier molecular flexibility index (Phi) is 10.0. The van der Waals surface area contributed by atoms with E-state index in [1.807, 2.05) is 30.3 Å². The number of unbranched alkanes of at least 4 members (excludes halogenated alkanes) is 3. The summed E-state index contributed by atoms with van der Waals surface area (Å²) in [6.45, 7) is 0. The Morgan fingerprint density at radius 2 is 1.89 bits per heavy atom. The zero-order chi connectivity index (χ0) is 20.4. The maximum Gasteiger partial charge on any atom is 0.303 e. The van der Waals surface area contributed by atoms with E-state index in [4.69, 9.17) is 5.11 Å². The molecule has 2 rings (SSSR count). The average Bonchev–Trinajstić information content (AvgIpc) is 2.98. The molecule has 5 atom stereocenters. The Bertz CT molecular complexity index is 594. The lowest BCUT2D eigenvalue weighted by Gasteiger charge is -2.24. The molecule has 156 valence electrons. The van der Waals surface area contributed by atoms with Crippen molar-refractivity contribution in [1.29, 1.82) is 0 Å². The molecule has 1 aliphatic rings. The number of aliphatic hydroxyl groups is 2. The average molecular weight is 409 g/mol. The van der Waals surface area contributed by atoms with Crippen molar-refractivity contribution in [3.63, 3.8) is 0 Å². The lowest BCUT2D eigenvalue weighted by molar-refractivity contribution is -0.137. The second-order valence-corrected chi connectivity index (χ2v) is 8.97. The number of benzene rings is 1. The molecule has 0 aliphatic heterocycles. The van der Waals surface area contributed by atoms with Crippen LogP contribution in [-0.2, 0) is 16.0 Å². The smallest absolute Gasteiger partial charge is 0.303 e. The van der Waals surface area contributed by atoms with Crippen LogP contribution >= 0.6 is 11.8 Å². The molecule has 0 heterocycles. The van der Waals surface area contributed by atoms with Gasteiger partial charge in [-0.2, -0.15) is 11.8 Å². The number of carbonyl (C=O) groups excluding carboxylic acids is 1. The van der Waals surface area contributed by atoms with Crippen molar-refractivity contribution in [2.24, 2.45) is 11.8 Å². The number of aldehydes is 1. The number of aliphatic hydroxyl groups excluding tert-OH is 2. The van der Waals surface area contributed by atoms with Crippen LogP contribution in [0, 0.1) is 11.8 Å². The van der Waals surface area contributed by atoms with Gasteiger partial charge in [-0.15, -0.1) is 0 Å². The van der Waals surface area contributed by atoms with Gasteiger partial charge in [0.05, 0.1) is 12.2 Å². The molecular formula is C22H32O5S. The van der Waals surface area contributed by atoms with Crippen molar-refractivity contribution in [2.45, 2.75) is 68.8 Å². The lowest BCUT2D eigenvalue weighted by Crippen LogP contribution is -2.26. The van der Waals surface area contributed by atoms with Gasteiger partial charge in [-0.1, -0.05) is 49.6 Å². The summed E-state index contributed by atoms with van der Waals surface area (Å²) in [5.74, 6) is -0.221. The summed E-state index contributed by atoms with van der Waals surface area (Å²) in [4.78, 5) is 22.0. The van der Waals surface area contributed by atoms with Crippen molar-refractivity contribution >= 4 is 24.0 Å². The quantitative estimate of drug-likeness (QED) is 0.342. The minimum absolute atomic E-state index is 0.0281. The van der Waals surface area contributed by atoms with E-state index in [1.54, 1.807) is 11.8 Å². The number of rotatable bonds is 13. The molecule has 6 heteroatoms. The maximum absolute atomic E-state index is 11.5. The summed E-state index contributed by atoms with van der Waals surface area (Å²) in [7, 11) is 0. The molecule has 28 heavy (non-hydrogen) atoms. The molecule has 0 aromatic heterocycles. The molecule has 0 spiro atoms. The maximum atomic E-state index is 11.5. The van der Waals surface area contributed by atoms with Gasteiger partial charge < -0.3 is 20.1 Å². The van der Waals surface area contributed by atoms with E-state index in [0.717, 1.165) is 37.5 Å². The van der Waals surface area contributed by atoms with Crippen LogP contribution in [0.15, 0.2) is 30.3 Å². The summed E-state index contributed by atoms with van der Waals surface area (Å²) in [6.07, 6.45) is 5.57. The highest BCUT2D eigenvalue weighted by Gasteiger charge is 2.42. The molecule has 0 radical (unpaired) electrons. The van der Waals surface area contributed by atoms with Gasteiger partial charge in [-0.05, 0) is 37.2 Å². The van der Waals surface area contributed by atoms with E-state index in [1.165, 1.54) is 0 Å². The van der Waals surface area contributed by atoms with Gasteiger partial charge in [-0.25, -0.2) is 0 Å². The Morgan fingerprint density at radius 3 is 2.57 bits per heavy atom. The van der Waals surface area contributed by atoms with Crippen LogP contribution in [0.5, 0.6) is 0 Å². The van der Waals surface area contributed by atoms with E-state index < -0.39 is 18.2 Å². The van der Waals surface area contributed by atoms with Crippen LogP contribution in [0.2, 0.25) is 0 Å². The van der Waals surface area contributed by atoms with Crippen molar-refractivity contribution in [2.75, 3.05) is 5.75 Å². The standard InChI is InChI=1S/C22H32O5S/c23-14-17-13-20(25)22(19(17)10-6-1-2-7-11-21(26)27)28-15-18(24)12-16-8-4-3-5-9-16/h3-5,8-9,14,17-20,22,24-25H,1-2,6-7,10-13,15H2,(H,26,27)/t17?,18?,19-,20?,22+/m0/s1. The van der Waals surface area contributed by atoms with E-state index >= 15 is 0 Å². The van der Waals surface area contributed by atoms with Crippen LogP contribution in [0.1, 0.15) is 50.5 Å². The fraction of sp³-hybridized carbons (Fsp3) is 0.636. The third-order valence-corrected chi connectivity index (χ3v) is 7.14. The summed E-state index contributed by atoms with van der Waals surface area (Å²) in [6, 6.07) is 9.85. The molecule has 1 aromatic rings. The van der Waals surface area contributed by atoms with Crippen LogP contribution in [-0.4, -0.2) is 50.8 Å². The number of carboxylic acid groups (broad SMARTS) is 1. The third kappa shape index (κ3) is 7.57. The fourth-order valence-electron chi connectivity index (χ4n) is 4.06. The van der Waals surface area contributed by atoms with Gasteiger partial charge in [0.15, 0.2) is 0 Å². The number of thioether (sulfide) groups is 1. The monoisotopic (exact) mass is 408 g/mol. The first-order valence-corrected chi connectivity index (χ1v) is 11.2. The number of carbonyl (C=O) groups is 2. The molecule has 0 saturated heterocycles. The minimum atomic E-state index is -0.759. The molecule has 0 bridgehead atoms. The predicted molar refractivity (Wildman–Crippen MR) is 111 cm³/mol. The topological polar surface area (TPSA) is 94.8 Å². The van der Waals surface area contributed by atoms with E-state index in [2.05, 4.69) is 0 Å². The Balaban J connectivity index is 1.78.